The van der Waals surface area contributed by atoms with Crippen LogP contribution in [0.3, 0.4) is 0 Å². The Hall–Kier alpha value is -2.10. The van der Waals surface area contributed by atoms with Crippen molar-refractivity contribution in [1.82, 2.24) is 9.97 Å². The number of hydrogen-bond donors (Lipinski definition) is 1. The first-order valence-corrected chi connectivity index (χ1v) is 8.15. The van der Waals surface area contributed by atoms with Crippen molar-refractivity contribution in [2.24, 2.45) is 5.92 Å². The molecule has 0 atom stereocenters. The maximum Gasteiger partial charge on any atom is 0.138 e. The normalized spacial score (nSPS) is 14.0. The number of aromatic nitrogens is 2. The van der Waals surface area contributed by atoms with Gasteiger partial charge in [0.05, 0.1) is 0 Å². The van der Waals surface area contributed by atoms with Crippen molar-refractivity contribution < 1.29 is 0 Å². The fraction of sp³-hybridized carbons (Fsp3) is 0.444. The lowest BCUT2D eigenvalue weighted by molar-refractivity contribution is 0.606. The Morgan fingerprint density at radius 3 is 2.95 bits per heavy atom. The number of benzene rings is 1. The third-order valence-corrected chi connectivity index (χ3v) is 4.07. The number of para-hydroxylation sites is 1. The molecule has 1 aliphatic rings. The van der Waals surface area contributed by atoms with Gasteiger partial charge in [-0.3, -0.25) is 0 Å². The maximum atomic E-state index is 4.48. The second kappa shape index (κ2) is 6.77. The average Bonchev–Trinajstić information content (AvgIpc) is 2.54. The summed E-state index contributed by atoms with van der Waals surface area (Å²) < 4.78 is 0. The molecule has 0 spiro atoms. The van der Waals surface area contributed by atoms with Crippen molar-refractivity contribution in [2.75, 3.05) is 23.3 Å². The van der Waals surface area contributed by atoms with Crippen molar-refractivity contribution in [2.45, 2.75) is 33.1 Å². The summed E-state index contributed by atoms with van der Waals surface area (Å²) in [6.07, 6.45) is 5.12. The van der Waals surface area contributed by atoms with E-state index in [1.807, 2.05) is 0 Å². The van der Waals surface area contributed by atoms with E-state index in [1.165, 1.54) is 11.3 Å². The standard InChI is InChI=1S/C18H24N4/c1-14(2)9-10-19-17-12-18(21-13-20-17)22-11-5-7-15-6-3-4-8-16(15)22/h3-4,6,8,12-14H,5,7,9-11H2,1-2H3,(H,19,20,21). The van der Waals surface area contributed by atoms with Gasteiger partial charge in [0.25, 0.3) is 0 Å². The van der Waals surface area contributed by atoms with Crippen LogP contribution in [0.15, 0.2) is 36.7 Å². The number of rotatable bonds is 5. The van der Waals surface area contributed by atoms with Gasteiger partial charge in [-0.2, -0.15) is 0 Å². The number of nitrogens with zero attached hydrogens (tertiary/aromatic N) is 3. The van der Waals surface area contributed by atoms with E-state index >= 15 is 0 Å². The van der Waals surface area contributed by atoms with Gasteiger partial charge < -0.3 is 10.2 Å². The van der Waals surface area contributed by atoms with Crippen LogP contribution < -0.4 is 10.2 Å². The largest absolute Gasteiger partial charge is 0.370 e. The first-order valence-electron chi connectivity index (χ1n) is 8.15. The Morgan fingerprint density at radius 2 is 2.09 bits per heavy atom. The highest BCUT2D eigenvalue weighted by Crippen LogP contribution is 2.32. The zero-order valence-corrected chi connectivity index (χ0v) is 13.4. The third kappa shape index (κ3) is 3.38. The minimum atomic E-state index is 0.697. The van der Waals surface area contributed by atoms with Crippen LogP contribution in [-0.2, 0) is 6.42 Å². The molecule has 2 aromatic rings. The molecule has 0 aliphatic carbocycles. The van der Waals surface area contributed by atoms with E-state index in [9.17, 15) is 0 Å². The van der Waals surface area contributed by atoms with Gasteiger partial charge in [-0.15, -0.1) is 0 Å². The predicted octanol–water partition coefficient (Wildman–Crippen LogP) is 4.02. The Kier molecular flexibility index (Phi) is 4.56. The predicted molar refractivity (Wildman–Crippen MR) is 91.7 cm³/mol. The molecule has 2 heterocycles. The lowest BCUT2D eigenvalue weighted by Gasteiger charge is -2.30. The second-order valence-corrected chi connectivity index (χ2v) is 6.25. The molecule has 0 amide bonds. The molecule has 1 aromatic heterocycles. The Labute approximate surface area is 132 Å². The Morgan fingerprint density at radius 1 is 1.23 bits per heavy atom. The molecule has 4 nitrogen and oxygen atoms in total. The summed E-state index contributed by atoms with van der Waals surface area (Å²) in [5.74, 6) is 2.59. The summed E-state index contributed by atoms with van der Waals surface area (Å²) >= 11 is 0. The molecule has 0 saturated heterocycles. The Balaban J connectivity index is 1.78. The van der Waals surface area contributed by atoms with E-state index < -0.39 is 0 Å². The van der Waals surface area contributed by atoms with Crippen molar-refractivity contribution in [1.29, 1.82) is 0 Å². The lowest BCUT2D eigenvalue weighted by Crippen LogP contribution is -2.25. The summed E-state index contributed by atoms with van der Waals surface area (Å²) in [4.78, 5) is 11.1. The van der Waals surface area contributed by atoms with E-state index in [-0.39, 0.29) is 0 Å². The highest BCUT2D eigenvalue weighted by molar-refractivity contribution is 5.66. The zero-order valence-electron chi connectivity index (χ0n) is 13.4. The van der Waals surface area contributed by atoms with E-state index in [0.29, 0.717) is 5.92 Å². The van der Waals surface area contributed by atoms with Gasteiger partial charge >= 0.3 is 0 Å². The summed E-state index contributed by atoms with van der Waals surface area (Å²) in [5.41, 5.74) is 2.68. The molecule has 0 bridgehead atoms. The van der Waals surface area contributed by atoms with E-state index in [2.05, 4.69) is 64.4 Å². The van der Waals surface area contributed by atoms with Crippen LogP contribution >= 0.6 is 0 Å². The lowest BCUT2D eigenvalue weighted by atomic mass is 10.0. The molecular weight excluding hydrogens is 272 g/mol. The van der Waals surface area contributed by atoms with Gasteiger partial charge in [0.1, 0.15) is 18.0 Å². The number of fused-ring (bicyclic) bond motifs is 1. The molecule has 116 valence electrons. The van der Waals surface area contributed by atoms with Crippen LogP contribution in [0.4, 0.5) is 17.3 Å². The van der Waals surface area contributed by atoms with Crippen molar-refractivity contribution in [3.63, 3.8) is 0 Å². The topological polar surface area (TPSA) is 41.0 Å². The van der Waals surface area contributed by atoms with Gasteiger partial charge in [0, 0.05) is 24.8 Å². The molecule has 22 heavy (non-hydrogen) atoms. The van der Waals surface area contributed by atoms with Crippen LogP contribution in [0.1, 0.15) is 32.3 Å². The first-order chi connectivity index (χ1) is 10.7. The number of hydrogen-bond acceptors (Lipinski definition) is 4. The highest BCUT2D eigenvalue weighted by Gasteiger charge is 2.18. The van der Waals surface area contributed by atoms with E-state index in [0.717, 1.165) is 44.0 Å². The molecule has 1 aliphatic heterocycles. The summed E-state index contributed by atoms with van der Waals surface area (Å²) in [6.45, 7) is 6.43. The van der Waals surface area contributed by atoms with Gasteiger partial charge in [-0.05, 0) is 36.8 Å². The summed E-state index contributed by atoms with van der Waals surface area (Å²) in [6, 6.07) is 10.7. The molecule has 0 saturated carbocycles. The number of nitrogens with one attached hydrogen (secondary N) is 1. The summed E-state index contributed by atoms with van der Waals surface area (Å²) in [5, 5.41) is 3.40. The quantitative estimate of drug-likeness (QED) is 0.905. The minimum Gasteiger partial charge on any atom is -0.370 e. The van der Waals surface area contributed by atoms with Crippen LogP contribution in [0.25, 0.3) is 0 Å². The second-order valence-electron chi connectivity index (χ2n) is 6.25. The molecule has 1 aromatic carbocycles. The maximum absolute atomic E-state index is 4.48. The fourth-order valence-corrected chi connectivity index (χ4v) is 2.85. The fourth-order valence-electron chi connectivity index (χ4n) is 2.85. The zero-order chi connectivity index (χ0) is 15.4. The Bertz CT molecular complexity index is 624. The van der Waals surface area contributed by atoms with Gasteiger partial charge in [-0.1, -0.05) is 32.0 Å². The van der Waals surface area contributed by atoms with Crippen molar-refractivity contribution >= 4 is 17.3 Å². The third-order valence-electron chi connectivity index (χ3n) is 4.07. The first kappa shape index (κ1) is 14.8. The molecule has 0 radical (unpaired) electrons. The highest BCUT2D eigenvalue weighted by atomic mass is 15.2. The van der Waals surface area contributed by atoms with Crippen LogP contribution in [0.2, 0.25) is 0 Å². The average molecular weight is 296 g/mol. The SMILES string of the molecule is CC(C)CCNc1cc(N2CCCc3ccccc32)ncn1. The molecule has 0 unspecified atom stereocenters. The van der Waals surface area contributed by atoms with Crippen molar-refractivity contribution in [3.05, 3.63) is 42.2 Å². The molecular formula is C18H24N4. The van der Waals surface area contributed by atoms with E-state index in [1.54, 1.807) is 6.33 Å². The number of aryl methyl sites for hydroxylation is 1. The van der Waals surface area contributed by atoms with Crippen LogP contribution in [-0.4, -0.2) is 23.1 Å². The van der Waals surface area contributed by atoms with Gasteiger partial charge in [0.2, 0.25) is 0 Å². The smallest absolute Gasteiger partial charge is 0.138 e. The van der Waals surface area contributed by atoms with Crippen LogP contribution in [0, 0.1) is 5.92 Å². The van der Waals surface area contributed by atoms with E-state index in [4.69, 9.17) is 0 Å². The van der Waals surface area contributed by atoms with Crippen LogP contribution in [0.5, 0.6) is 0 Å². The minimum absolute atomic E-state index is 0.697. The number of anilines is 3. The summed E-state index contributed by atoms with van der Waals surface area (Å²) in [7, 11) is 0. The molecule has 4 heteroatoms. The van der Waals surface area contributed by atoms with Crippen molar-refractivity contribution in [3.8, 4) is 0 Å². The molecule has 0 fully saturated rings. The molecule has 3 rings (SSSR count). The van der Waals surface area contributed by atoms with Gasteiger partial charge in [0.15, 0.2) is 0 Å². The molecule has 1 N–H and O–H groups in total. The monoisotopic (exact) mass is 296 g/mol. The van der Waals surface area contributed by atoms with Gasteiger partial charge in [-0.25, -0.2) is 9.97 Å².